The molecule has 1 saturated carbocycles. The number of amides is 1. The highest BCUT2D eigenvalue weighted by molar-refractivity contribution is 7.89. The number of hydrogen-bond donors (Lipinski definition) is 2. The van der Waals surface area contributed by atoms with Crippen molar-refractivity contribution < 1.29 is 53.4 Å². The Labute approximate surface area is 209 Å². The summed E-state index contributed by atoms with van der Waals surface area (Å²) in [5.41, 5.74) is 0. The predicted molar refractivity (Wildman–Crippen MR) is 117 cm³/mol. The third-order valence-corrected chi connectivity index (χ3v) is 8.47. The van der Waals surface area contributed by atoms with Gasteiger partial charge in [-0.25, -0.2) is 17.9 Å². The van der Waals surface area contributed by atoms with Crippen LogP contribution in [0, 0.1) is 17.8 Å². The van der Waals surface area contributed by atoms with Gasteiger partial charge in [-0.2, -0.15) is 26.3 Å². The first-order valence-corrected chi connectivity index (χ1v) is 13.3. The van der Waals surface area contributed by atoms with Gasteiger partial charge < -0.3 is 14.8 Å². The molecule has 1 amide bonds. The lowest BCUT2D eigenvalue weighted by Gasteiger charge is -2.43. The molecule has 0 spiro atoms. The zero-order valence-electron chi connectivity index (χ0n) is 19.8. The molecule has 0 aliphatic heterocycles. The number of nitrogens with one attached hydrogen (secondary N) is 1. The number of hydrogen-bond acceptors (Lipinski definition) is 5. The van der Waals surface area contributed by atoms with Gasteiger partial charge >= 0.3 is 12.4 Å². The maximum absolute atomic E-state index is 14.2. The Morgan fingerprint density at radius 1 is 1.08 bits per heavy atom. The van der Waals surface area contributed by atoms with E-state index in [2.05, 4.69) is 5.32 Å². The minimum absolute atomic E-state index is 0.0425. The molecule has 0 radical (unpaired) electrons. The quantitative estimate of drug-likeness (QED) is 0.377. The molecule has 0 aromatic rings. The number of halogens is 7. The van der Waals surface area contributed by atoms with E-state index >= 15 is 0 Å². The van der Waals surface area contributed by atoms with Crippen LogP contribution in [0.4, 0.5) is 30.7 Å². The average Bonchev–Trinajstić information content (AvgIpc) is 2.77. The van der Waals surface area contributed by atoms with Gasteiger partial charge in [-0.05, 0) is 44.6 Å². The van der Waals surface area contributed by atoms with Gasteiger partial charge in [0.05, 0.1) is 35.2 Å². The molecule has 0 saturated heterocycles. The van der Waals surface area contributed by atoms with Crippen LogP contribution in [0.15, 0.2) is 24.1 Å². The summed E-state index contributed by atoms with van der Waals surface area (Å²) in [7, 11) is -2.75. The summed E-state index contributed by atoms with van der Waals surface area (Å²) in [5.74, 6) is -9.15. The van der Waals surface area contributed by atoms with Crippen LogP contribution in [-0.2, 0) is 24.3 Å². The van der Waals surface area contributed by atoms with Crippen LogP contribution in [0.1, 0.15) is 38.5 Å². The second-order valence-electron chi connectivity index (χ2n) is 9.68. The number of allylic oxidation sites excluding steroid dienone is 1. The van der Waals surface area contributed by atoms with E-state index in [-0.39, 0.29) is 25.7 Å². The molecule has 0 aromatic carbocycles. The zero-order chi connectivity index (χ0) is 27.8. The van der Waals surface area contributed by atoms with E-state index in [4.69, 9.17) is 14.6 Å². The van der Waals surface area contributed by atoms with Crippen molar-refractivity contribution in [3.8, 4) is 0 Å². The Balaban J connectivity index is 1.90. The van der Waals surface area contributed by atoms with Crippen LogP contribution in [-0.4, -0.2) is 63.4 Å². The largest absolute Gasteiger partial charge is 0.392 e. The number of nitrogens with two attached hydrogens (primary N) is 1. The Bertz CT molecular complexity index is 998. The highest BCUT2D eigenvalue weighted by Gasteiger charge is 2.59. The number of alkyl halides is 6. The number of methoxy groups -OCH3 is 1. The van der Waals surface area contributed by atoms with Crippen molar-refractivity contribution in [1.82, 2.24) is 5.32 Å². The number of sulfonamides is 1. The average molecular weight is 567 g/mol. The Morgan fingerprint density at radius 3 is 2.30 bits per heavy atom. The van der Waals surface area contributed by atoms with Crippen molar-refractivity contribution in [2.45, 2.75) is 80.5 Å². The molecule has 3 N–H and O–H groups in total. The second-order valence-corrected chi connectivity index (χ2v) is 11.5. The van der Waals surface area contributed by atoms with Gasteiger partial charge in [0.25, 0.3) is 0 Å². The maximum atomic E-state index is 14.2. The van der Waals surface area contributed by atoms with E-state index in [1.54, 1.807) is 0 Å². The van der Waals surface area contributed by atoms with Crippen LogP contribution in [0.2, 0.25) is 0 Å². The fourth-order valence-electron chi connectivity index (χ4n) is 5.22. The zero-order valence-corrected chi connectivity index (χ0v) is 20.6. The molecule has 1 fully saturated rings. The van der Waals surface area contributed by atoms with Crippen molar-refractivity contribution in [2.75, 3.05) is 7.11 Å². The second kappa shape index (κ2) is 11.2. The van der Waals surface area contributed by atoms with E-state index in [1.807, 2.05) is 0 Å². The molecule has 3 aliphatic carbocycles. The third-order valence-electron chi connectivity index (χ3n) is 7.15. The molecule has 7 nitrogen and oxygen atoms in total. The van der Waals surface area contributed by atoms with Gasteiger partial charge in [-0.3, -0.25) is 4.79 Å². The molecule has 3 rings (SSSR count). The first-order chi connectivity index (χ1) is 17.0. The summed E-state index contributed by atoms with van der Waals surface area (Å²) >= 11 is 0. The first kappa shape index (κ1) is 29.8. The highest BCUT2D eigenvalue weighted by Crippen LogP contribution is 2.50. The maximum Gasteiger partial charge on any atom is 0.392 e. The van der Waals surface area contributed by atoms with Crippen molar-refractivity contribution in [3.05, 3.63) is 24.1 Å². The lowest BCUT2D eigenvalue weighted by Crippen LogP contribution is -2.55. The molecule has 37 heavy (non-hydrogen) atoms. The Hall–Kier alpha value is -1.71. The van der Waals surface area contributed by atoms with Crippen molar-refractivity contribution >= 4 is 15.9 Å². The minimum Gasteiger partial charge on any atom is -0.374 e. The van der Waals surface area contributed by atoms with E-state index in [0.29, 0.717) is 0 Å². The van der Waals surface area contributed by atoms with Crippen LogP contribution in [0.25, 0.3) is 0 Å². The topological polar surface area (TPSA) is 108 Å². The summed E-state index contributed by atoms with van der Waals surface area (Å²) in [6.07, 6.45) is -12.6. The molecule has 212 valence electrons. The van der Waals surface area contributed by atoms with Gasteiger partial charge in [0.1, 0.15) is 11.9 Å². The van der Waals surface area contributed by atoms with E-state index < -0.39 is 94.3 Å². The van der Waals surface area contributed by atoms with Crippen LogP contribution in [0.5, 0.6) is 0 Å². The fourth-order valence-corrected chi connectivity index (χ4v) is 6.08. The molecular formula is C22H29F7N2O5S. The number of carbonyl (C=O) groups excluding carboxylic acids is 1. The number of primary sulfonamides is 1. The molecule has 15 heteroatoms. The van der Waals surface area contributed by atoms with Gasteiger partial charge in [0.15, 0.2) is 0 Å². The molecular weight excluding hydrogens is 537 g/mol. The number of rotatable bonds is 6. The van der Waals surface area contributed by atoms with Crippen molar-refractivity contribution in [2.24, 2.45) is 22.9 Å². The number of ether oxygens (including phenoxy) is 2. The van der Waals surface area contributed by atoms with Gasteiger partial charge in [0.2, 0.25) is 15.9 Å². The van der Waals surface area contributed by atoms with Crippen LogP contribution in [0.3, 0.4) is 0 Å². The summed E-state index contributed by atoms with van der Waals surface area (Å²) in [4.78, 5) is 13.2. The molecule has 3 aliphatic rings. The normalized spacial score (nSPS) is 35.6. The summed E-state index contributed by atoms with van der Waals surface area (Å²) in [5, 5.41) is 6.38. The highest BCUT2D eigenvalue weighted by atomic mass is 32.2. The summed E-state index contributed by atoms with van der Waals surface area (Å²) < 4.78 is 131. The summed E-state index contributed by atoms with van der Waals surface area (Å²) in [6, 6.07) is -1.01. The van der Waals surface area contributed by atoms with Crippen molar-refractivity contribution in [1.29, 1.82) is 0 Å². The first-order valence-electron chi connectivity index (χ1n) is 11.7. The SMILES string of the molecule is COC1CCC(OC2CC(C(F)(F)F)CC(C(F)(F)F)C2C(=O)NC2C=CCC(S(N)(=O)=O)C2)C=C1F. The van der Waals surface area contributed by atoms with Crippen molar-refractivity contribution in [3.63, 3.8) is 0 Å². The molecule has 8 unspecified atom stereocenters. The molecule has 0 aromatic heterocycles. The third kappa shape index (κ3) is 7.45. The van der Waals surface area contributed by atoms with E-state index in [9.17, 15) is 43.9 Å². The van der Waals surface area contributed by atoms with Crippen LogP contribution < -0.4 is 10.5 Å². The Kier molecular flexibility index (Phi) is 9.02. The Morgan fingerprint density at radius 2 is 1.76 bits per heavy atom. The van der Waals surface area contributed by atoms with Gasteiger partial charge in [0, 0.05) is 13.2 Å². The molecule has 0 heterocycles. The predicted octanol–water partition coefficient (Wildman–Crippen LogP) is 3.66. The molecule has 8 atom stereocenters. The smallest absolute Gasteiger partial charge is 0.374 e. The van der Waals surface area contributed by atoms with Gasteiger partial charge in [-0.1, -0.05) is 12.2 Å². The monoisotopic (exact) mass is 566 g/mol. The number of carbonyl (C=O) groups is 1. The van der Waals surface area contributed by atoms with Crippen LogP contribution >= 0.6 is 0 Å². The minimum atomic E-state index is -5.17. The molecule has 0 bridgehead atoms. The lowest BCUT2D eigenvalue weighted by molar-refractivity contribution is -0.254. The van der Waals surface area contributed by atoms with Gasteiger partial charge in [-0.15, -0.1) is 0 Å². The fraction of sp³-hybridized carbons (Fsp3) is 0.773. The summed E-state index contributed by atoms with van der Waals surface area (Å²) in [6.45, 7) is 0. The van der Waals surface area contributed by atoms with E-state index in [1.165, 1.54) is 19.3 Å². The van der Waals surface area contributed by atoms with E-state index in [0.717, 1.165) is 6.08 Å². The standard InChI is InChI=1S/C22H29F7N2O5S/c1-35-17-6-5-13(10-16(17)23)36-18-8-11(21(24,25)26)7-15(22(27,28)29)19(18)20(32)31-12-3-2-4-14(9-12)37(30,33)34/h2-3,10-15,17-19H,4-9H2,1H3,(H,31,32)(H2,30,33,34). The lowest BCUT2D eigenvalue weighted by atomic mass is 9.70.